The molecule has 1 aliphatic heterocycles. The second-order valence-corrected chi connectivity index (χ2v) is 7.89. The van der Waals surface area contributed by atoms with Crippen LogP contribution >= 0.6 is 0 Å². The smallest absolute Gasteiger partial charge is 0.224 e. The number of hydrogen-bond donors (Lipinski definition) is 0. The van der Waals surface area contributed by atoms with Crippen molar-refractivity contribution in [3.63, 3.8) is 0 Å². The van der Waals surface area contributed by atoms with Crippen molar-refractivity contribution in [3.8, 4) is 0 Å². The summed E-state index contributed by atoms with van der Waals surface area (Å²) >= 11 is 0. The number of sulfone groups is 1. The van der Waals surface area contributed by atoms with E-state index in [-0.39, 0.29) is 24.1 Å². The minimum atomic E-state index is -3.11. The number of likely N-dealkylation sites (tertiary alicyclic amines) is 1. The molecular weight excluding hydrogens is 278 g/mol. The van der Waals surface area contributed by atoms with Gasteiger partial charge >= 0.3 is 0 Å². The highest BCUT2D eigenvalue weighted by Crippen LogP contribution is 2.34. The Kier molecular flexibility index (Phi) is 4.52. The summed E-state index contributed by atoms with van der Waals surface area (Å²) in [7, 11) is -3.11. The predicted molar refractivity (Wildman–Crippen MR) is 75.9 cm³/mol. The highest BCUT2D eigenvalue weighted by Gasteiger charge is 2.32. The Hall–Kier alpha value is -1.30. The normalized spacial score (nSPS) is 23.8. The number of furan rings is 1. The first-order valence-corrected chi connectivity index (χ1v) is 8.93. The first-order valence-electron chi connectivity index (χ1n) is 6.87. The van der Waals surface area contributed by atoms with Gasteiger partial charge in [-0.3, -0.25) is 4.79 Å². The van der Waals surface area contributed by atoms with E-state index in [0.29, 0.717) is 12.5 Å². The molecule has 2 atom stereocenters. The van der Waals surface area contributed by atoms with Crippen molar-refractivity contribution >= 4 is 15.7 Å². The van der Waals surface area contributed by atoms with Crippen molar-refractivity contribution in [1.29, 1.82) is 0 Å². The molecule has 0 radical (unpaired) electrons. The summed E-state index contributed by atoms with van der Waals surface area (Å²) in [4.78, 5) is 14.0. The van der Waals surface area contributed by atoms with Gasteiger partial charge in [0, 0.05) is 19.2 Å². The van der Waals surface area contributed by atoms with E-state index in [1.54, 1.807) is 11.2 Å². The van der Waals surface area contributed by atoms with Gasteiger partial charge in [-0.1, -0.05) is 6.92 Å². The minimum Gasteiger partial charge on any atom is -0.467 e. The van der Waals surface area contributed by atoms with Crippen LogP contribution in [0.4, 0.5) is 0 Å². The van der Waals surface area contributed by atoms with E-state index < -0.39 is 9.84 Å². The van der Waals surface area contributed by atoms with Crippen LogP contribution in [0.15, 0.2) is 22.8 Å². The molecule has 2 unspecified atom stereocenters. The van der Waals surface area contributed by atoms with Gasteiger partial charge in [0.2, 0.25) is 5.91 Å². The summed E-state index contributed by atoms with van der Waals surface area (Å²) < 4.78 is 27.8. The number of nitrogens with zero attached hydrogens (tertiary/aromatic N) is 1. The molecule has 0 bridgehead atoms. The molecule has 1 fully saturated rings. The second-order valence-electron chi connectivity index (χ2n) is 5.63. The Morgan fingerprint density at radius 3 is 2.85 bits per heavy atom. The van der Waals surface area contributed by atoms with Crippen molar-refractivity contribution in [1.82, 2.24) is 4.90 Å². The van der Waals surface area contributed by atoms with Gasteiger partial charge < -0.3 is 9.32 Å². The third kappa shape index (κ3) is 3.85. The van der Waals surface area contributed by atoms with Gasteiger partial charge in [-0.25, -0.2) is 8.42 Å². The van der Waals surface area contributed by atoms with Gasteiger partial charge in [0.15, 0.2) is 0 Å². The largest absolute Gasteiger partial charge is 0.467 e. The zero-order chi connectivity index (χ0) is 14.8. The molecular formula is C14H21NO4S. The maximum Gasteiger partial charge on any atom is 0.224 e. The monoisotopic (exact) mass is 299 g/mol. The Morgan fingerprint density at radius 2 is 2.25 bits per heavy atom. The van der Waals surface area contributed by atoms with Crippen molar-refractivity contribution in [2.24, 2.45) is 5.92 Å². The van der Waals surface area contributed by atoms with E-state index in [1.165, 1.54) is 0 Å². The first-order chi connectivity index (χ1) is 9.37. The van der Waals surface area contributed by atoms with E-state index in [9.17, 15) is 13.2 Å². The number of carbonyl (C=O) groups is 1. The Morgan fingerprint density at radius 1 is 1.50 bits per heavy atom. The molecule has 1 aromatic rings. The summed E-state index contributed by atoms with van der Waals surface area (Å²) in [6.45, 7) is 2.82. The standard InChI is InChI=1S/C14H21NO4S/c1-11-5-7-15(14(16)6-9-20(2,17)18)12(10-11)13-4-3-8-19-13/h3-4,8,11-12H,5-7,9-10H2,1-2H3. The van der Waals surface area contributed by atoms with Crippen LogP contribution in [0.2, 0.25) is 0 Å². The van der Waals surface area contributed by atoms with Gasteiger partial charge in [0.1, 0.15) is 15.6 Å². The first kappa shape index (κ1) is 15.1. The summed E-state index contributed by atoms with van der Waals surface area (Å²) in [5.74, 6) is 1.11. The lowest BCUT2D eigenvalue weighted by Crippen LogP contribution is -2.41. The summed E-state index contributed by atoms with van der Waals surface area (Å²) in [5, 5.41) is 0. The maximum atomic E-state index is 12.3. The van der Waals surface area contributed by atoms with Gasteiger partial charge in [0.05, 0.1) is 18.1 Å². The fraction of sp³-hybridized carbons (Fsp3) is 0.643. The highest BCUT2D eigenvalue weighted by molar-refractivity contribution is 7.90. The molecule has 20 heavy (non-hydrogen) atoms. The topological polar surface area (TPSA) is 67.6 Å². The van der Waals surface area contributed by atoms with Gasteiger partial charge in [-0.2, -0.15) is 0 Å². The Bertz CT molecular complexity index is 550. The molecule has 6 heteroatoms. The molecule has 5 nitrogen and oxygen atoms in total. The summed E-state index contributed by atoms with van der Waals surface area (Å²) in [5.41, 5.74) is 0. The van der Waals surface area contributed by atoms with E-state index in [0.717, 1.165) is 24.9 Å². The lowest BCUT2D eigenvalue weighted by molar-refractivity contribution is -0.135. The zero-order valence-corrected chi connectivity index (χ0v) is 12.7. The third-order valence-electron chi connectivity index (χ3n) is 3.74. The van der Waals surface area contributed by atoms with Crippen LogP contribution in [0.1, 0.15) is 38.0 Å². The quantitative estimate of drug-likeness (QED) is 0.853. The van der Waals surface area contributed by atoms with Gasteiger partial charge in [0.25, 0.3) is 0 Å². The Labute approximate surface area is 119 Å². The average Bonchev–Trinajstić information content (AvgIpc) is 2.88. The number of rotatable bonds is 4. The molecule has 1 saturated heterocycles. The molecule has 0 spiro atoms. The summed E-state index contributed by atoms with van der Waals surface area (Å²) in [6.07, 6.45) is 4.61. The number of amides is 1. The van der Waals surface area contributed by atoms with Gasteiger partial charge in [-0.05, 0) is 30.9 Å². The molecule has 0 saturated carbocycles. The van der Waals surface area contributed by atoms with Crippen molar-refractivity contribution < 1.29 is 17.6 Å². The lowest BCUT2D eigenvalue weighted by atomic mass is 9.91. The van der Waals surface area contributed by atoms with E-state index >= 15 is 0 Å². The lowest BCUT2D eigenvalue weighted by Gasteiger charge is -2.37. The molecule has 1 amide bonds. The van der Waals surface area contributed by atoms with E-state index in [1.807, 2.05) is 12.1 Å². The fourth-order valence-corrected chi connectivity index (χ4v) is 3.15. The molecule has 1 aliphatic rings. The molecule has 112 valence electrons. The van der Waals surface area contributed by atoms with Gasteiger partial charge in [-0.15, -0.1) is 0 Å². The zero-order valence-electron chi connectivity index (χ0n) is 11.9. The number of hydrogen-bond acceptors (Lipinski definition) is 4. The molecule has 0 N–H and O–H groups in total. The van der Waals surface area contributed by atoms with Crippen LogP contribution < -0.4 is 0 Å². The second kappa shape index (κ2) is 5.99. The van der Waals surface area contributed by atoms with Crippen molar-refractivity contribution in [2.45, 2.75) is 32.2 Å². The molecule has 1 aromatic heterocycles. The van der Waals surface area contributed by atoms with Crippen LogP contribution in [-0.2, 0) is 14.6 Å². The molecule has 2 rings (SSSR count). The average molecular weight is 299 g/mol. The van der Waals surface area contributed by atoms with Crippen LogP contribution in [0, 0.1) is 5.92 Å². The van der Waals surface area contributed by atoms with E-state index in [2.05, 4.69) is 6.92 Å². The molecule has 0 aromatic carbocycles. The van der Waals surface area contributed by atoms with Crippen molar-refractivity contribution in [2.75, 3.05) is 18.6 Å². The summed E-state index contributed by atoms with van der Waals surface area (Å²) in [6, 6.07) is 3.62. The highest BCUT2D eigenvalue weighted by atomic mass is 32.2. The number of piperidine rings is 1. The van der Waals surface area contributed by atoms with Crippen LogP contribution in [0.5, 0.6) is 0 Å². The van der Waals surface area contributed by atoms with Crippen LogP contribution in [0.3, 0.4) is 0 Å². The van der Waals surface area contributed by atoms with Crippen LogP contribution in [-0.4, -0.2) is 37.8 Å². The fourth-order valence-electron chi connectivity index (χ4n) is 2.61. The maximum absolute atomic E-state index is 12.3. The van der Waals surface area contributed by atoms with Crippen molar-refractivity contribution in [3.05, 3.63) is 24.2 Å². The molecule has 2 heterocycles. The predicted octanol–water partition coefficient (Wildman–Crippen LogP) is 2.01. The number of carbonyl (C=O) groups excluding carboxylic acids is 1. The SMILES string of the molecule is CC1CCN(C(=O)CCS(C)(=O)=O)C(c2ccco2)C1. The third-order valence-corrected chi connectivity index (χ3v) is 4.69. The molecule has 0 aliphatic carbocycles. The minimum absolute atomic E-state index is 0.0461. The van der Waals surface area contributed by atoms with E-state index in [4.69, 9.17) is 4.42 Å². The van der Waals surface area contributed by atoms with Crippen LogP contribution in [0.25, 0.3) is 0 Å². The Balaban J connectivity index is 2.09.